The molecule has 15 heavy (non-hydrogen) atoms. The van der Waals surface area contributed by atoms with Crippen molar-refractivity contribution in [3.63, 3.8) is 0 Å². The van der Waals surface area contributed by atoms with Crippen LogP contribution < -0.4 is 5.32 Å². The topological polar surface area (TPSA) is 47.6 Å². The second kappa shape index (κ2) is 7.65. The largest absolute Gasteiger partial charge is 0.382 e. The smallest absolute Gasteiger partial charge is 0.223 e. The molecule has 1 aliphatic rings. The first-order valence-electron chi connectivity index (χ1n) is 5.69. The predicted octanol–water partition coefficient (Wildman–Crippen LogP) is 0.956. The van der Waals surface area contributed by atoms with Gasteiger partial charge in [0.25, 0.3) is 0 Å². The molecule has 1 amide bonds. The third-order valence-corrected chi connectivity index (χ3v) is 2.69. The van der Waals surface area contributed by atoms with Crippen LogP contribution in [0.4, 0.5) is 0 Å². The lowest BCUT2D eigenvalue weighted by Crippen LogP contribution is -2.29. The lowest BCUT2D eigenvalue weighted by Gasteiger charge is -2.12. The molecule has 1 saturated heterocycles. The molecule has 1 unspecified atom stereocenters. The van der Waals surface area contributed by atoms with Crippen LogP contribution in [0.25, 0.3) is 0 Å². The molecule has 1 atom stereocenters. The minimum Gasteiger partial charge on any atom is -0.382 e. The zero-order valence-electron chi connectivity index (χ0n) is 9.46. The van der Waals surface area contributed by atoms with Gasteiger partial charge in [0.05, 0.1) is 13.2 Å². The Morgan fingerprint density at radius 2 is 2.20 bits per heavy atom. The van der Waals surface area contributed by atoms with E-state index in [9.17, 15) is 4.79 Å². The first-order valence-corrected chi connectivity index (χ1v) is 5.69. The van der Waals surface area contributed by atoms with Gasteiger partial charge in [0.1, 0.15) is 0 Å². The summed E-state index contributed by atoms with van der Waals surface area (Å²) >= 11 is 0. The minimum absolute atomic E-state index is 0.148. The van der Waals surface area contributed by atoms with Crippen LogP contribution in [0.3, 0.4) is 0 Å². The fourth-order valence-electron chi connectivity index (χ4n) is 1.75. The van der Waals surface area contributed by atoms with Crippen molar-refractivity contribution in [2.75, 3.05) is 33.5 Å². The van der Waals surface area contributed by atoms with Crippen molar-refractivity contribution >= 4 is 5.91 Å². The Balaban J connectivity index is 2.10. The standard InChI is InChI=1S/C11H21NO3/c1-14-8-9-15-7-5-10-4-2-3-6-12-11(10)13/h10H,2-9H2,1H3,(H,12,13). The van der Waals surface area contributed by atoms with Gasteiger partial charge in [-0.2, -0.15) is 0 Å². The quantitative estimate of drug-likeness (QED) is 0.671. The maximum Gasteiger partial charge on any atom is 0.223 e. The van der Waals surface area contributed by atoms with Crippen molar-refractivity contribution < 1.29 is 14.3 Å². The van der Waals surface area contributed by atoms with Crippen LogP contribution in [-0.4, -0.2) is 39.4 Å². The maximum atomic E-state index is 11.5. The van der Waals surface area contributed by atoms with Gasteiger partial charge in [0.2, 0.25) is 5.91 Å². The van der Waals surface area contributed by atoms with Crippen molar-refractivity contribution in [1.82, 2.24) is 5.32 Å². The van der Waals surface area contributed by atoms with Crippen molar-refractivity contribution in [3.05, 3.63) is 0 Å². The number of amides is 1. The van der Waals surface area contributed by atoms with Gasteiger partial charge in [-0.1, -0.05) is 6.42 Å². The van der Waals surface area contributed by atoms with E-state index in [1.54, 1.807) is 7.11 Å². The molecular formula is C11H21NO3. The Bertz CT molecular complexity index is 185. The maximum absolute atomic E-state index is 11.5. The van der Waals surface area contributed by atoms with Crippen LogP contribution in [0.15, 0.2) is 0 Å². The highest BCUT2D eigenvalue weighted by Crippen LogP contribution is 2.15. The summed E-state index contributed by atoms with van der Waals surface area (Å²) < 4.78 is 10.2. The molecule has 0 bridgehead atoms. The van der Waals surface area contributed by atoms with E-state index in [1.807, 2.05) is 0 Å². The SMILES string of the molecule is COCCOCCC1CCCCNC1=O. The summed E-state index contributed by atoms with van der Waals surface area (Å²) in [6.07, 6.45) is 4.07. The van der Waals surface area contributed by atoms with Crippen LogP contribution in [0.1, 0.15) is 25.7 Å². The Morgan fingerprint density at radius 3 is 3.00 bits per heavy atom. The minimum atomic E-state index is 0.148. The second-order valence-electron chi connectivity index (χ2n) is 3.88. The molecule has 0 aromatic rings. The van der Waals surface area contributed by atoms with Gasteiger partial charge in [0, 0.05) is 26.2 Å². The summed E-state index contributed by atoms with van der Waals surface area (Å²) in [5.74, 6) is 0.345. The van der Waals surface area contributed by atoms with Crippen LogP contribution in [-0.2, 0) is 14.3 Å². The van der Waals surface area contributed by atoms with Crippen LogP contribution in [0, 0.1) is 5.92 Å². The van der Waals surface area contributed by atoms with Gasteiger partial charge in [-0.25, -0.2) is 0 Å². The first-order chi connectivity index (χ1) is 7.34. The number of methoxy groups -OCH3 is 1. The molecule has 0 aliphatic carbocycles. The molecule has 1 rings (SSSR count). The summed E-state index contributed by atoms with van der Waals surface area (Å²) in [6.45, 7) is 2.73. The highest BCUT2D eigenvalue weighted by molar-refractivity contribution is 5.78. The van der Waals surface area contributed by atoms with Crippen molar-refractivity contribution in [1.29, 1.82) is 0 Å². The lowest BCUT2D eigenvalue weighted by molar-refractivity contribution is -0.125. The molecular weight excluding hydrogens is 194 g/mol. The van der Waals surface area contributed by atoms with E-state index in [0.29, 0.717) is 19.8 Å². The number of hydrogen-bond donors (Lipinski definition) is 1. The average molecular weight is 215 g/mol. The van der Waals surface area contributed by atoms with Gasteiger partial charge in [-0.05, 0) is 19.3 Å². The van der Waals surface area contributed by atoms with Crippen molar-refractivity contribution in [2.45, 2.75) is 25.7 Å². The van der Waals surface area contributed by atoms with Crippen molar-refractivity contribution in [2.24, 2.45) is 5.92 Å². The lowest BCUT2D eigenvalue weighted by atomic mass is 9.99. The summed E-state index contributed by atoms with van der Waals surface area (Å²) in [5.41, 5.74) is 0. The monoisotopic (exact) mass is 215 g/mol. The zero-order chi connectivity index (χ0) is 10.9. The predicted molar refractivity (Wildman–Crippen MR) is 57.7 cm³/mol. The van der Waals surface area contributed by atoms with Crippen molar-refractivity contribution in [3.8, 4) is 0 Å². The number of hydrogen-bond acceptors (Lipinski definition) is 3. The Hall–Kier alpha value is -0.610. The molecule has 4 nitrogen and oxygen atoms in total. The van der Waals surface area contributed by atoms with E-state index in [1.165, 1.54) is 0 Å². The number of carbonyl (C=O) groups is 1. The highest BCUT2D eigenvalue weighted by atomic mass is 16.5. The zero-order valence-corrected chi connectivity index (χ0v) is 9.46. The average Bonchev–Trinajstić information content (AvgIpc) is 2.44. The molecule has 0 saturated carbocycles. The Kier molecular flexibility index (Phi) is 6.36. The normalized spacial score (nSPS) is 22.2. The Morgan fingerprint density at radius 1 is 1.33 bits per heavy atom. The van der Waals surface area contributed by atoms with E-state index < -0.39 is 0 Å². The Labute approximate surface area is 91.3 Å². The molecule has 0 radical (unpaired) electrons. The van der Waals surface area contributed by atoms with E-state index in [0.717, 1.165) is 32.2 Å². The van der Waals surface area contributed by atoms with Gasteiger partial charge in [0.15, 0.2) is 0 Å². The van der Waals surface area contributed by atoms with Gasteiger partial charge in [-0.15, -0.1) is 0 Å². The van der Waals surface area contributed by atoms with Crippen LogP contribution >= 0.6 is 0 Å². The molecule has 4 heteroatoms. The number of nitrogens with one attached hydrogen (secondary N) is 1. The van der Waals surface area contributed by atoms with Crippen LogP contribution in [0.2, 0.25) is 0 Å². The van der Waals surface area contributed by atoms with E-state index >= 15 is 0 Å². The van der Waals surface area contributed by atoms with Crippen LogP contribution in [0.5, 0.6) is 0 Å². The number of rotatable bonds is 6. The molecule has 88 valence electrons. The molecule has 0 aromatic carbocycles. The summed E-state index contributed by atoms with van der Waals surface area (Å²) in [6, 6.07) is 0. The van der Waals surface area contributed by atoms with E-state index in [-0.39, 0.29) is 11.8 Å². The van der Waals surface area contributed by atoms with E-state index in [4.69, 9.17) is 9.47 Å². The molecule has 1 fully saturated rings. The fraction of sp³-hybridized carbons (Fsp3) is 0.909. The summed E-state index contributed by atoms with van der Waals surface area (Å²) in [7, 11) is 1.65. The highest BCUT2D eigenvalue weighted by Gasteiger charge is 2.19. The van der Waals surface area contributed by atoms with Gasteiger partial charge in [-0.3, -0.25) is 4.79 Å². The van der Waals surface area contributed by atoms with E-state index in [2.05, 4.69) is 5.32 Å². The molecule has 1 N–H and O–H groups in total. The molecule has 1 aliphatic heterocycles. The summed E-state index contributed by atoms with van der Waals surface area (Å²) in [5, 5.41) is 2.93. The first kappa shape index (κ1) is 12.5. The third kappa shape index (κ3) is 5.14. The number of ether oxygens (including phenoxy) is 2. The molecule has 1 heterocycles. The third-order valence-electron chi connectivity index (χ3n) is 2.69. The van der Waals surface area contributed by atoms with Gasteiger partial charge >= 0.3 is 0 Å². The molecule has 0 spiro atoms. The molecule has 0 aromatic heterocycles. The second-order valence-corrected chi connectivity index (χ2v) is 3.88. The van der Waals surface area contributed by atoms with Gasteiger partial charge < -0.3 is 14.8 Å². The number of carbonyl (C=O) groups excluding carboxylic acids is 1. The summed E-state index contributed by atoms with van der Waals surface area (Å²) in [4.78, 5) is 11.5. The fourth-order valence-corrected chi connectivity index (χ4v) is 1.75.